The van der Waals surface area contributed by atoms with E-state index in [4.69, 9.17) is 26.2 Å². The number of hydrogen-bond donors (Lipinski definition) is 1. The number of benzene rings is 1. The van der Waals surface area contributed by atoms with Crippen LogP contribution in [0.1, 0.15) is 22.8 Å². The lowest BCUT2D eigenvalue weighted by Crippen LogP contribution is -2.04. The summed E-state index contributed by atoms with van der Waals surface area (Å²) in [5.41, 5.74) is 0.946. The molecule has 4 nitrogen and oxygen atoms in total. The molecule has 0 atom stereocenters. The summed E-state index contributed by atoms with van der Waals surface area (Å²) < 4.78 is 10.5. The maximum Gasteiger partial charge on any atom is 0.335 e. The van der Waals surface area contributed by atoms with Crippen LogP contribution >= 0.6 is 11.6 Å². The number of ether oxygens (including phenoxy) is 2. The van der Waals surface area contributed by atoms with Crippen LogP contribution in [0.2, 0.25) is 5.02 Å². The van der Waals surface area contributed by atoms with Crippen molar-refractivity contribution in [2.75, 3.05) is 19.8 Å². The topological polar surface area (TPSA) is 55.8 Å². The quantitative estimate of drug-likeness (QED) is 0.764. The van der Waals surface area contributed by atoms with Crippen molar-refractivity contribution in [3.8, 4) is 0 Å². The fraction of sp³-hybridized carbons (Fsp3) is 0.417. The van der Waals surface area contributed by atoms with Crippen LogP contribution < -0.4 is 0 Å². The first kappa shape index (κ1) is 14.0. The molecule has 0 radical (unpaired) electrons. The number of carbonyl (C=O) groups is 1. The van der Waals surface area contributed by atoms with Crippen molar-refractivity contribution in [3.63, 3.8) is 0 Å². The Kier molecular flexibility index (Phi) is 5.97. The number of aromatic carboxylic acids is 1. The smallest absolute Gasteiger partial charge is 0.335 e. The highest BCUT2D eigenvalue weighted by Gasteiger charge is 2.06. The highest BCUT2D eigenvalue weighted by atomic mass is 35.5. The predicted octanol–water partition coefficient (Wildman–Crippen LogP) is 2.59. The largest absolute Gasteiger partial charge is 0.478 e. The van der Waals surface area contributed by atoms with Crippen LogP contribution in [0.3, 0.4) is 0 Å². The zero-order valence-corrected chi connectivity index (χ0v) is 10.4. The molecule has 0 fully saturated rings. The van der Waals surface area contributed by atoms with Crippen molar-refractivity contribution in [3.05, 3.63) is 34.3 Å². The first-order chi connectivity index (χ1) is 8.15. The second-order valence-electron chi connectivity index (χ2n) is 3.36. The molecule has 0 bridgehead atoms. The van der Waals surface area contributed by atoms with Gasteiger partial charge in [0.05, 0.1) is 25.4 Å². The molecule has 0 aliphatic heterocycles. The van der Waals surface area contributed by atoms with Crippen molar-refractivity contribution >= 4 is 17.6 Å². The molecule has 1 aromatic rings. The van der Waals surface area contributed by atoms with E-state index in [1.165, 1.54) is 12.1 Å². The van der Waals surface area contributed by atoms with Crippen LogP contribution in [-0.2, 0) is 16.1 Å². The molecule has 0 unspecified atom stereocenters. The molecular weight excluding hydrogens is 244 g/mol. The van der Waals surface area contributed by atoms with Gasteiger partial charge in [0.15, 0.2) is 0 Å². The van der Waals surface area contributed by atoms with E-state index in [1.54, 1.807) is 6.07 Å². The fourth-order valence-electron chi connectivity index (χ4n) is 1.24. The van der Waals surface area contributed by atoms with Gasteiger partial charge >= 0.3 is 5.97 Å². The van der Waals surface area contributed by atoms with Crippen molar-refractivity contribution in [2.45, 2.75) is 13.5 Å². The zero-order chi connectivity index (χ0) is 12.7. The van der Waals surface area contributed by atoms with E-state index in [-0.39, 0.29) is 5.56 Å². The molecule has 5 heteroatoms. The highest BCUT2D eigenvalue weighted by Crippen LogP contribution is 2.18. The summed E-state index contributed by atoms with van der Waals surface area (Å²) in [5, 5.41) is 9.17. The van der Waals surface area contributed by atoms with E-state index in [1.807, 2.05) is 6.92 Å². The molecular formula is C12H15ClO4. The van der Waals surface area contributed by atoms with Gasteiger partial charge in [-0.25, -0.2) is 4.79 Å². The van der Waals surface area contributed by atoms with E-state index in [0.717, 1.165) is 5.56 Å². The molecule has 0 aromatic heterocycles. The Hall–Kier alpha value is -1.10. The third-order valence-corrected chi connectivity index (χ3v) is 2.49. The standard InChI is InChI=1S/C12H15ClO4/c1-2-16-5-6-17-8-10-4-3-9(12(14)15)7-11(10)13/h3-4,7H,2,5-6,8H2,1H3,(H,14,15). The average Bonchev–Trinajstić information content (AvgIpc) is 2.30. The summed E-state index contributed by atoms with van der Waals surface area (Å²) in [7, 11) is 0. The van der Waals surface area contributed by atoms with Crippen LogP contribution in [-0.4, -0.2) is 30.9 Å². The van der Waals surface area contributed by atoms with Crippen LogP contribution in [0, 0.1) is 0 Å². The molecule has 0 aliphatic rings. The minimum Gasteiger partial charge on any atom is -0.478 e. The van der Waals surface area contributed by atoms with Gasteiger partial charge in [-0.1, -0.05) is 17.7 Å². The Labute approximate surface area is 105 Å². The van der Waals surface area contributed by atoms with Crippen molar-refractivity contribution in [2.24, 2.45) is 0 Å². The van der Waals surface area contributed by atoms with Gasteiger partial charge in [0.2, 0.25) is 0 Å². The molecule has 1 rings (SSSR count). The first-order valence-corrected chi connectivity index (χ1v) is 5.70. The summed E-state index contributed by atoms with van der Waals surface area (Å²) >= 11 is 5.94. The van der Waals surface area contributed by atoms with Crippen LogP contribution in [0.5, 0.6) is 0 Å². The minimum atomic E-state index is -0.990. The van der Waals surface area contributed by atoms with Gasteiger partial charge in [-0.05, 0) is 24.6 Å². The molecule has 0 saturated carbocycles. The fourth-order valence-corrected chi connectivity index (χ4v) is 1.48. The van der Waals surface area contributed by atoms with Crippen LogP contribution in [0.15, 0.2) is 18.2 Å². The van der Waals surface area contributed by atoms with Gasteiger partial charge in [0.25, 0.3) is 0 Å². The molecule has 0 heterocycles. The van der Waals surface area contributed by atoms with Crippen LogP contribution in [0.4, 0.5) is 0 Å². The summed E-state index contributed by atoms with van der Waals surface area (Å²) in [6, 6.07) is 4.59. The summed E-state index contributed by atoms with van der Waals surface area (Å²) in [5.74, 6) is -0.990. The van der Waals surface area contributed by atoms with E-state index in [9.17, 15) is 4.79 Å². The molecule has 0 amide bonds. The maximum absolute atomic E-state index is 10.7. The Morgan fingerprint density at radius 2 is 2.06 bits per heavy atom. The van der Waals surface area contributed by atoms with Gasteiger partial charge in [-0.15, -0.1) is 0 Å². The number of carboxylic acid groups (broad SMARTS) is 1. The monoisotopic (exact) mass is 258 g/mol. The lowest BCUT2D eigenvalue weighted by atomic mass is 10.1. The van der Waals surface area contributed by atoms with E-state index < -0.39 is 5.97 Å². The Morgan fingerprint density at radius 1 is 1.35 bits per heavy atom. The van der Waals surface area contributed by atoms with Crippen molar-refractivity contribution < 1.29 is 19.4 Å². The summed E-state index contributed by atoms with van der Waals surface area (Å²) in [6.07, 6.45) is 0. The minimum absolute atomic E-state index is 0.174. The second-order valence-corrected chi connectivity index (χ2v) is 3.77. The van der Waals surface area contributed by atoms with E-state index in [2.05, 4.69) is 0 Å². The number of halogens is 1. The molecule has 17 heavy (non-hydrogen) atoms. The number of carboxylic acids is 1. The SMILES string of the molecule is CCOCCOCc1ccc(C(=O)O)cc1Cl. The van der Waals surface area contributed by atoms with Gasteiger partial charge < -0.3 is 14.6 Å². The lowest BCUT2D eigenvalue weighted by Gasteiger charge is -2.07. The summed E-state index contributed by atoms with van der Waals surface area (Å²) in [6.45, 7) is 3.97. The van der Waals surface area contributed by atoms with E-state index >= 15 is 0 Å². The van der Waals surface area contributed by atoms with Gasteiger partial charge in [0, 0.05) is 11.6 Å². The Bertz CT molecular complexity index is 379. The van der Waals surface area contributed by atoms with Crippen LogP contribution in [0.25, 0.3) is 0 Å². The lowest BCUT2D eigenvalue weighted by molar-refractivity contribution is 0.0453. The maximum atomic E-state index is 10.7. The van der Waals surface area contributed by atoms with Crippen molar-refractivity contribution in [1.29, 1.82) is 0 Å². The number of rotatable bonds is 7. The summed E-state index contributed by atoms with van der Waals surface area (Å²) in [4.78, 5) is 10.7. The third-order valence-electron chi connectivity index (χ3n) is 2.13. The first-order valence-electron chi connectivity index (χ1n) is 5.32. The predicted molar refractivity (Wildman–Crippen MR) is 64.6 cm³/mol. The molecule has 94 valence electrons. The number of hydrogen-bond acceptors (Lipinski definition) is 3. The third kappa shape index (κ3) is 4.73. The molecule has 0 aliphatic carbocycles. The zero-order valence-electron chi connectivity index (χ0n) is 9.61. The Morgan fingerprint density at radius 3 is 2.65 bits per heavy atom. The normalized spacial score (nSPS) is 10.5. The van der Waals surface area contributed by atoms with Gasteiger partial charge in [-0.3, -0.25) is 0 Å². The molecule has 1 N–H and O–H groups in total. The molecule has 1 aromatic carbocycles. The Balaban J connectivity index is 2.46. The van der Waals surface area contributed by atoms with Crippen molar-refractivity contribution in [1.82, 2.24) is 0 Å². The second kappa shape index (κ2) is 7.27. The molecule has 0 saturated heterocycles. The highest BCUT2D eigenvalue weighted by molar-refractivity contribution is 6.31. The van der Waals surface area contributed by atoms with Gasteiger partial charge in [-0.2, -0.15) is 0 Å². The average molecular weight is 259 g/mol. The molecule has 0 spiro atoms. The van der Waals surface area contributed by atoms with E-state index in [0.29, 0.717) is 31.5 Å². The van der Waals surface area contributed by atoms with Gasteiger partial charge in [0.1, 0.15) is 0 Å².